The van der Waals surface area contributed by atoms with Crippen LogP contribution in [0.2, 0.25) is 0 Å². The molecule has 0 aliphatic heterocycles. The number of hydrogen-bond donors (Lipinski definition) is 2. The molecule has 6 nitrogen and oxygen atoms in total. The average molecular weight is 313 g/mol. The van der Waals surface area contributed by atoms with E-state index in [0.717, 1.165) is 0 Å². The van der Waals surface area contributed by atoms with Crippen molar-refractivity contribution < 1.29 is 14.7 Å². The average Bonchev–Trinajstić information content (AvgIpc) is 2.87. The first-order chi connectivity index (χ1) is 9.71. The van der Waals surface area contributed by atoms with Gasteiger partial charge in [-0.1, -0.05) is 6.07 Å². The zero-order valence-electron chi connectivity index (χ0n) is 12.9. The molecule has 0 saturated heterocycles. The fourth-order valence-electron chi connectivity index (χ4n) is 1.96. The molecule has 0 aromatic carbocycles. The summed E-state index contributed by atoms with van der Waals surface area (Å²) < 4.78 is 0. The van der Waals surface area contributed by atoms with Crippen LogP contribution in [0.3, 0.4) is 0 Å². The summed E-state index contributed by atoms with van der Waals surface area (Å²) in [6.07, 6.45) is 0. The lowest BCUT2D eigenvalue weighted by atomic mass is 10.1. The van der Waals surface area contributed by atoms with Crippen LogP contribution < -0.4 is 5.32 Å². The summed E-state index contributed by atoms with van der Waals surface area (Å²) in [5.41, 5.74) is -1.00. The number of nitrogens with one attached hydrogen (secondary N) is 1. The van der Waals surface area contributed by atoms with E-state index < -0.39 is 5.60 Å². The Morgan fingerprint density at radius 1 is 1.38 bits per heavy atom. The molecule has 1 atom stereocenters. The Morgan fingerprint density at radius 3 is 2.57 bits per heavy atom. The summed E-state index contributed by atoms with van der Waals surface area (Å²) in [6.45, 7) is 2.21. The van der Waals surface area contributed by atoms with Gasteiger partial charge in [0.15, 0.2) is 0 Å². The van der Waals surface area contributed by atoms with Crippen LogP contribution in [-0.2, 0) is 4.79 Å². The third-order valence-electron chi connectivity index (χ3n) is 2.78. The van der Waals surface area contributed by atoms with Crippen molar-refractivity contribution in [2.75, 3.05) is 40.8 Å². The van der Waals surface area contributed by atoms with Gasteiger partial charge in [-0.2, -0.15) is 0 Å². The van der Waals surface area contributed by atoms with Crippen molar-refractivity contribution in [3.8, 4) is 0 Å². The zero-order chi connectivity index (χ0) is 16.0. The third kappa shape index (κ3) is 6.24. The summed E-state index contributed by atoms with van der Waals surface area (Å²) in [6, 6.07) is 3.52. The van der Waals surface area contributed by atoms with Crippen molar-refractivity contribution in [1.82, 2.24) is 15.1 Å². The highest BCUT2D eigenvalue weighted by atomic mass is 32.1. The molecule has 21 heavy (non-hydrogen) atoms. The van der Waals surface area contributed by atoms with Gasteiger partial charge in [0.25, 0.3) is 5.91 Å². The van der Waals surface area contributed by atoms with E-state index in [1.165, 1.54) is 16.2 Å². The standard InChI is InChI=1S/C14H23N3O3S/c1-14(20,10-16(2)3)9-15-12(18)8-17(4)13(19)11-6-5-7-21-11/h5-7,20H,8-10H2,1-4H3,(H,15,18). The minimum atomic E-state index is -1.00. The molecule has 0 aliphatic carbocycles. The van der Waals surface area contributed by atoms with Crippen molar-refractivity contribution >= 4 is 23.2 Å². The van der Waals surface area contributed by atoms with E-state index in [2.05, 4.69) is 5.32 Å². The highest BCUT2D eigenvalue weighted by Crippen LogP contribution is 2.10. The van der Waals surface area contributed by atoms with Crippen molar-refractivity contribution in [2.45, 2.75) is 12.5 Å². The van der Waals surface area contributed by atoms with Crippen LogP contribution in [0, 0.1) is 0 Å². The molecule has 0 bridgehead atoms. The van der Waals surface area contributed by atoms with Crippen LogP contribution in [0.25, 0.3) is 0 Å². The molecule has 1 unspecified atom stereocenters. The molecule has 1 aromatic heterocycles. The third-order valence-corrected chi connectivity index (χ3v) is 3.64. The monoisotopic (exact) mass is 313 g/mol. The number of carbonyl (C=O) groups excluding carboxylic acids is 2. The van der Waals surface area contributed by atoms with Crippen molar-refractivity contribution in [3.05, 3.63) is 22.4 Å². The SMILES string of the molecule is CN(C)CC(C)(O)CNC(=O)CN(C)C(=O)c1cccs1. The van der Waals surface area contributed by atoms with Crippen molar-refractivity contribution in [3.63, 3.8) is 0 Å². The first kappa shape index (κ1) is 17.6. The lowest BCUT2D eigenvalue weighted by Crippen LogP contribution is -2.49. The van der Waals surface area contributed by atoms with Crippen LogP contribution in [0.15, 0.2) is 17.5 Å². The zero-order valence-corrected chi connectivity index (χ0v) is 13.7. The van der Waals surface area contributed by atoms with E-state index in [1.54, 1.807) is 26.1 Å². The van der Waals surface area contributed by atoms with Crippen LogP contribution in [0.1, 0.15) is 16.6 Å². The summed E-state index contributed by atoms with van der Waals surface area (Å²) in [7, 11) is 5.28. The maximum atomic E-state index is 12.0. The van der Waals surface area contributed by atoms with Gasteiger partial charge in [0.2, 0.25) is 5.91 Å². The smallest absolute Gasteiger partial charge is 0.264 e. The minimum absolute atomic E-state index is 0.0330. The van der Waals surface area contributed by atoms with Crippen LogP contribution in [0.4, 0.5) is 0 Å². The molecule has 118 valence electrons. The molecule has 1 heterocycles. The van der Waals surface area contributed by atoms with E-state index in [-0.39, 0.29) is 24.9 Å². The van der Waals surface area contributed by atoms with Gasteiger partial charge in [0.05, 0.1) is 17.0 Å². The Kier molecular flexibility index (Phi) is 6.32. The van der Waals surface area contributed by atoms with Gasteiger partial charge in [-0.15, -0.1) is 11.3 Å². The van der Waals surface area contributed by atoms with Gasteiger partial charge >= 0.3 is 0 Å². The molecule has 2 N–H and O–H groups in total. The van der Waals surface area contributed by atoms with Crippen molar-refractivity contribution in [2.24, 2.45) is 0 Å². The summed E-state index contributed by atoms with van der Waals surface area (Å²) in [4.78, 5) is 27.6. The summed E-state index contributed by atoms with van der Waals surface area (Å²) in [5, 5.41) is 14.6. The van der Waals surface area contributed by atoms with Crippen LogP contribution in [-0.4, -0.2) is 73.1 Å². The fraction of sp³-hybridized carbons (Fsp3) is 0.571. The Balaban J connectivity index is 2.41. The van der Waals surface area contributed by atoms with Gasteiger partial charge in [0.1, 0.15) is 0 Å². The number of hydrogen-bond acceptors (Lipinski definition) is 5. The predicted molar refractivity (Wildman–Crippen MR) is 83.5 cm³/mol. The first-order valence-corrected chi connectivity index (χ1v) is 7.52. The quantitative estimate of drug-likeness (QED) is 0.757. The number of thiophene rings is 1. The number of carbonyl (C=O) groups is 2. The normalized spacial score (nSPS) is 13.8. The Morgan fingerprint density at radius 2 is 2.05 bits per heavy atom. The van der Waals surface area contributed by atoms with Gasteiger partial charge in [0, 0.05) is 20.1 Å². The molecular formula is C14H23N3O3S. The Bertz CT molecular complexity index is 472. The van der Waals surface area contributed by atoms with Crippen molar-refractivity contribution in [1.29, 1.82) is 0 Å². The topological polar surface area (TPSA) is 72.9 Å². The molecule has 0 fully saturated rings. The van der Waals surface area contributed by atoms with Gasteiger partial charge in [-0.05, 0) is 32.5 Å². The molecule has 0 spiro atoms. The lowest BCUT2D eigenvalue weighted by Gasteiger charge is -2.27. The van der Waals surface area contributed by atoms with Gasteiger partial charge < -0.3 is 20.2 Å². The molecule has 1 aromatic rings. The number of aliphatic hydroxyl groups is 1. The number of nitrogens with zero attached hydrogens (tertiary/aromatic N) is 2. The van der Waals surface area contributed by atoms with Gasteiger partial charge in [-0.25, -0.2) is 0 Å². The second-order valence-corrected chi connectivity index (χ2v) is 6.60. The molecule has 0 saturated carbocycles. The molecule has 0 radical (unpaired) electrons. The second-order valence-electron chi connectivity index (χ2n) is 5.65. The van der Waals surface area contributed by atoms with Crippen LogP contribution >= 0.6 is 11.3 Å². The lowest BCUT2D eigenvalue weighted by molar-refractivity contribution is -0.122. The van der Waals surface area contributed by atoms with E-state index >= 15 is 0 Å². The van der Waals surface area contributed by atoms with Crippen LogP contribution in [0.5, 0.6) is 0 Å². The maximum absolute atomic E-state index is 12.0. The fourth-order valence-corrected chi connectivity index (χ4v) is 2.68. The highest BCUT2D eigenvalue weighted by molar-refractivity contribution is 7.12. The molecule has 1 rings (SSSR count). The number of amides is 2. The summed E-state index contributed by atoms with van der Waals surface area (Å²) in [5.74, 6) is -0.471. The minimum Gasteiger partial charge on any atom is -0.387 e. The highest BCUT2D eigenvalue weighted by Gasteiger charge is 2.23. The molecule has 7 heteroatoms. The first-order valence-electron chi connectivity index (χ1n) is 6.64. The number of rotatable bonds is 7. The molecule has 2 amide bonds. The Labute approximate surface area is 129 Å². The predicted octanol–water partition coefficient (Wildman–Crippen LogP) is 0.249. The summed E-state index contributed by atoms with van der Waals surface area (Å²) >= 11 is 1.34. The second kappa shape index (κ2) is 7.53. The number of likely N-dealkylation sites (N-methyl/N-ethyl adjacent to an activating group) is 2. The van der Waals surface area contributed by atoms with E-state index in [4.69, 9.17) is 0 Å². The molecule has 0 aliphatic rings. The van der Waals surface area contributed by atoms with E-state index in [9.17, 15) is 14.7 Å². The van der Waals surface area contributed by atoms with Gasteiger partial charge in [-0.3, -0.25) is 9.59 Å². The van der Waals surface area contributed by atoms with E-state index in [1.807, 2.05) is 24.4 Å². The molecular weight excluding hydrogens is 290 g/mol. The van der Waals surface area contributed by atoms with E-state index in [0.29, 0.717) is 11.4 Å². The maximum Gasteiger partial charge on any atom is 0.264 e. The largest absolute Gasteiger partial charge is 0.387 e. The Hall–Kier alpha value is -1.44.